The van der Waals surface area contributed by atoms with Crippen LogP contribution in [-0.2, 0) is 24.3 Å². The fourth-order valence-electron chi connectivity index (χ4n) is 3.84. The molecular formula is C20H28FN3O5S. The van der Waals surface area contributed by atoms with E-state index in [9.17, 15) is 22.4 Å². The van der Waals surface area contributed by atoms with Crippen LogP contribution >= 0.6 is 0 Å². The molecule has 0 radical (unpaired) electrons. The lowest BCUT2D eigenvalue weighted by Crippen LogP contribution is -2.49. The van der Waals surface area contributed by atoms with Crippen LogP contribution in [0.25, 0.3) is 0 Å². The predicted octanol–water partition coefficient (Wildman–Crippen LogP) is 1.17. The summed E-state index contributed by atoms with van der Waals surface area (Å²) in [6, 6.07) is 4.27. The molecule has 30 heavy (non-hydrogen) atoms. The minimum atomic E-state index is -3.96. The summed E-state index contributed by atoms with van der Waals surface area (Å²) in [6.07, 6.45) is 5.39. The molecule has 1 saturated carbocycles. The number of carbonyl (C=O) groups excluding carboxylic acids is 2. The van der Waals surface area contributed by atoms with Gasteiger partial charge in [-0.3, -0.25) is 9.59 Å². The highest BCUT2D eigenvalue weighted by Gasteiger charge is 2.29. The highest BCUT2D eigenvalue weighted by molar-refractivity contribution is 7.89. The van der Waals surface area contributed by atoms with Crippen molar-refractivity contribution in [2.24, 2.45) is 0 Å². The van der Waals surface area contributed by atoms with Crippen LogP contribution in [0.15, 0.2) is 29.2 Å². The zero-order valence-electron chi connectivity index (χ0n) is 16.8. The molecule has 8 nitrogen and oxygen atoms in total. The third-order valence-corrected chi connectivity index (χ3v) is 6.91. The van der Waals surface area contributed by atoms with Crippen molar-refractivity contribution < 1.29 is 27.1 Å². The van der Waals surface area contributed by atoms with Crippen LogP contribution in [0.2, 0.25) is 0 Å². The number of hydrogen-bond donors (Lipinski definition) is 2. The number of hydrogen-bond acceptors (Lipinski definition) is 5. The van der Waals surface area contributed by atoms with E-state index in [0.29, 0.717) is 13.2 Å². The van der Waals surface area contributed by atoms with Gasteiger partial charge in [-0.15, -0.1) is 0 Å². The first-order chi connectivity index (χ1) is 14.3. The molecule has 166 valence electrons. The van der Waals surface area contributed by atoms with E-state index in [2.05, 4.69) is 10.0 Å². The standard InChI is InChI=1S/C20H28FN3O5S/c21-15-7-9-18(10-8-15)30(27,28)23-13-20(26)24(16-4-1-2-5-16)14-19(25)22-12-17-6-3-11-29-17/h7-10,16-17,23H,1-6,11-14H2,(H,22,25). The number of amides is 2. The van der Waals surface area contributed by atoms with Crippen molar-refractivity contribution in [1.82, 2.24) is 14.9 Å². The second-order valence-corrected chi connectivity index (χ2v) is 9.44. The molecular weight excluding hydrogens is 413 g/mol. The minimum Gasteiger partial charge on any atom is -0.376 e. The Morgan fingerprint density at radius 3 is 2.43 bits per heavy atom. The molecule has 2 N–H and O–H groups in total. The molecule has 1 aromatic rings. The summed E-state index contributed by atoms with van der Waals surface area (Å²) >= 11 is 0. The zero-order chi connectivity index (χ0) is 21.6. The largest absolute Gasteiger partial charge is 0.376 e. The Morgan fingerprint density at radius 2 is 1.80 bits per heavy atom. The lowest BCUT2D eigenvalue weighted by atomic mass is 10.2. The third-order valence-electron chi connectivity index (χ3n) is 5.49. The number of ether oxygens (including phenoxy) is 1. The number of benzene rings is 1. The van der Waals surface area contributed by atoms with Gasteiger partial charge in [0.05, 0.1) is 24.1 Å². The zero-order valence-corrected chi connectivity index (χ0v) is 17.6. The van der Waals surface area contributed by atoms with Crippen LogP contribution in [-0.4, -0.2) is 63.5 Å². The van der Waals surface area contributed by atoms with Gasteiger partial charge in [0.25, 0.3) is 0 Å². The van der Waals surface area contributed by atoms with Crippen LogP contribution < -0.4 is 10.0 Å². The van der Waals surface area contributed by atoms with E-state index in [1.54, 1.807) is 0 Å². The highest BCUT2D eigenvalue weighted by atomic mass is 32.2. The second-order valence-electron chi connectivity index (χ2n) is 7.68. The van der Waals surface area contributed by atoms with Gasteiger partial charge in [0.2, 0.25) is 21.8 Å². The SMILES string of the molecule is O=C(CN(C(=O)CNS(=O)(=O)c1ccc(F)cc1)C1CCCC1)NCC1CCCO1. The Balaban J connectivity index is 1.57. The Bertz CT molecular complexity index is 835. The summed E-state index contributed by atoms with van der Waals surface area (Å²) in [5.41, 5.74) is 0. The first-order valence-corrected chi connectivity index (χ1v) is 11.8. The highest BCUT2D eigenvalue weighted by Crippen LogP contribution is 2.23. The molecule has 1 aliphatic carbocycles. The quantitative estimate of drug-likeness (QED) is 0.599. The van der Waals surface area contributed by atoms with E-state index >= 15 is 0 Å². The fourth-order valence-corrected chi connectivity index (χ4v) is 4.81. The summed E-state index contributed by atoms with van der Waals surface area (Å²) in [5, 5.41) is 2.80. The third kappa shape index (κ3) is 6.23. The van der Waals surface area contributed by atoms with Gasteiger partial charge >= 0.3 is 0 Å². The van der Waals surface area contributed by atoms with Crippen LogP contribution in [0.5, 0.6) is 0 Å². The Labute approximate surface area is 176 Å². The Morgan fingerprint density at radius 1 is 1.10 bits per heavy atom. The number of nitrogens with one attached hydrogen (secondary N) is 2. The van der Waals surface area contributed by atoms with E-state index in [0.717, 1.165) is 62.8 Å². The first kappa shape index (κ1) is 22.6. The van der Waals surface area contributed by atoms with E-state index in [1.807, 2.05) is 0 Å². The van der Waals surface area contributed by atoms with Gasteiger partial charge < -0.3 is 15.0 Å². The van der Waals surface area contributed by atoms with Crippen LogP contribution in [0.4, 0.5) is 4.39 Å². The van der Waals surface area contributed by atoms with Gasteiger partial charge in [-0.1, -0.05) is 12.8 Å². The molecule has 1 unspecified atom stereocenters. The van der Waals surface area contributed by atoms with Gasteiger partial charge in [-0.25, -0.2) is 17.5 Å². The van der Waals surface area contributed by atoms with Crippen molar-refractivity contribution >= 4 is 21.8 Å². The average Bonchev–Trinajstić information content (AvgIpc) is 3.43. The number of halogens is 1. The van der Waals surface area contributed by atoms with E-state index < -0.39 is 28.3 Å². The molecule has 2 aliphatic rings. The predicted molar refractivity (Wildman–Crippen MR) is 108 cm³/mol. The maximum Gasteiger partial charge on any atom is 0.241 e. The summed E-state index contributed by atoms with van der Waals surface area (Å²) in [4.78, 5) is 26.5. The molecule has 3 rings (SSSR count). The molecule has 2 amide bonds. The summed E-state index contributed by atoms with van der Waals surface area (Å²) in [6.45, 7) is 0.522. The Kier molecular flexibility index (Phi) is 7.79. The van der Waals surface area contributed by atoms with Gasteiger partial charge in [0.1, 0.15) is 5.82 Å². The maximum atomic E-state index is 13.0. The average molecular weight is 442 g/mol. The summed E-state index contributed by atoms with van der Waals surface area (Å²) in [7, 11) is -3.96. The van der Waals surface area contributed by atoms with E-state index in [4.69, 9.17) is 4.74 Å². The van der Waals surface area contributed by atoms with E-state index in [1.165, 1.54) is 4.90 Å². The molecule has 1 heterocycles. The maximum absolute atomic E-state index is 13.0. The summed E-state index contributed by atoms with van der Waals surface area (Å²) < 4.78 is 45.5. The van der Waals surface area contributed by atoms with Crippen molar-refractivity contribution in [3.05, 3.63) is 30.1 Å². The lowest BCUT2D eigenvalue weighted by molar-refractivity contribution is -0.137. The monoisotopic (exact) mass is 441 g/mol. The number of carbonyl (C=O) groups is 2. The molecule has 2 fully saturated rings. The normalized spacial score (nSPS) is 19.7. The molecule has 0 bridgehead atoms. The molecule has 1 saturated heterocycles. The van der Waals surface area contributed by atoms with Crippen molar-refractivity contribution in [3.63, 3.8) is 0 Å². The number of nitrogens with zero attached hydrogens (tertiary/aromatic N) is 1. The molecule has 0 aromatic heterocycles. The van der Waals surface area contributed by atoms with E-state index in [-0.39, 0.29) is 29.5 Å². The van der Waals surface area contributed by atoms with Gasteiger partial charge in [-0.2, -0.15) is 0 Å². The van der Waals surface area contributed by atoms with Crippen LogP contribution in [0, 0.1) is 5.82 Å². The van der Waals surface area contributed by atoms with Crippen molar-refractivity contribution in [2.45, 2.75) is 55.6 Å². The Hall–Kier alpha value is -2.04. The van der Waals surface area contributed by atoms with Crippen molar-refractivity contribution in [1.29, 1.82) is 0 Å². The molecule has 1 atom stereocenters. The lowest BCUT2D eigenvalue weighted by Gasteiger charge is -2.28. The minimum absolute atomic E-state index is 0.00657. The molecule has 0 spiro atoms. The molecule has 10 heteroatoms. The summed E-state index contributed by atoms with van der Waals surface area (Å²) in [5.74, 6) is -1.29. The van der Waals surface area contributed by atoms with Crippen LogP contribution in [0.1, 0.15) is 38.5 Å². The second kappa shape index (κ2) is 10.3. The molecule has 1 aromatic carbocycles. The topological polar surface area (TPSA) is 105 Å². The fraction of sp³-hybridized carbons (Fsp3) is 0.600. The van der Waals surface area contributed by atoms with Crippen molar-refractivity contribution in [3.8, 4) is 0 Å². The van der Waals surface area contributed by atoms with Gasteiger partial charge in [0, 0.05) is 19.2 Å². The van der Waals surface area contributed by atoms with Crippen LogP contribution in [0.3, 0.4) is 0 Å². The smallest absolute Gasteiger partial charge is 0.241 e. The van der Waals surface area contributed by atoms with Gasteiger partial charge in [0.15, 0.2) is 0 Å². The number of rotatable bonds is 9. The van der Waals surface area contributed by atoms with Crippen molar-refractivity contribution in [2.75, 3.05) is 26.2 Å². The number of sulfonamides is 1. The first-order valence-electron chi connectivity index (χ1n) is 10.3. The van der Waals surface area contributed by atoms with Gasteiger partial charge in [-0.05, 0) is 49.9 Å². The molecule has 1 aliphatic heterocycles.